The van der Waals surface area contributed by atoms with Gasteiger partial charge in [-0.1, -0.05) is 23.7 Å². The molecule has 0 fully saturated rings. The monoisotopic (exact) mass is 361 g/mol. The maximum absolute atomic E-state index is 11.7. The molecule has 2 rings (SSSR count). The normalized spacial score (nSPS) is 10.9. The lowest BCUT2D eigenvalue weighted by molar-refractivity contribution is -0.143. The second-order valence-corrected chi connectivity index (χ2v) is 5.99. The summed E-state index contributed by atoms with van der Waals surface area (Å²) in [5, 5.41) is 7.57. The summed E-state index contributed by atoms with van der Waals surface area (Å²) in [6, 6.07) is 7.12. The first-order valence-electron chi connectivity index (χ1n) is 7.73. The minimum absolute atomic E-state index is 0.332. The predicted molar refractivity (Wildman–Crippen MR) is 96.0 cm³/mol. The minimum Gasteiger partial charge on any atom is -0.452 e. The van der Waals surface area contributed by atoms with Crippen molar-refractivity contribution in [3.05, 3.63) is 57.9 Å². The van der Waals surface area contributed by atoms with Crippen molar-refractivity contribution in [1.82, 2.24) is 15.1 Å². The van der Waals surface area contributed by atoms with E-state index in [0.29, 0.717) is 11.6 Å². The number of aryl methyl sites for hydroxylation is 2. The first-order valence-corrected chi connectivity index (χ1v) is 8.11. The van der Waals surface area contributed by atoms with Gasteiger partial charge in [-0.2, -0.15) is 5.10 Å². The molecule has 132 valence electrons. The SMILES string of the molecule is Cc1nn(C)c(C)c1/C=C/C(=O)OCC(=O)NCc1ccc(Cl)cc1. The predicted octanol–water partition coefficient (Wildman–Crippen LogP) is 2.56. The number of ether oxygens (including phenoxy) is 1. The van der Waals surface area contributed by atoms with Crippen LogP contribution in [-0.2, 0) is 27.9 Å². The fourth-order valence-corrected chi connectivity index (χ4v) is 2.35. The molecule has 0 radical (unpaired) electrons. The number of benzene rings is 1. The summed E-state index contributed by atoms with van der Waals surface area (Å²) in [7, 11) is 1.84. The van der Waals surface area contributed by atoms with Crippen LogP contribution in [0.2, 0.25) is 5.02 Å². The van der Waals surface area contributed by atoms with Gasteiger partial charge in [-0.25, -0.2) is 4.79 Å². The number of aromatic nitrogens is 2. The molecule has 7 heteroatoms. The van der Waals surface area contributed by atoms with Crippen molar-refractivity contribution >= 4 is 29.6 Å². The summed E-state index contributed by atoms with van der Waals surface area (Å²) < 4.78 is 6.67. The topological polar surface area (TPSA) is 73.2 Å². The average molecular weight is 362 g/mol. The molecule has 0 aliphatic carbocycles. The molecule has 0 bridgehead atoms. The number of hydrogen-bond donors (Lipinski definition) is 1. The highest BCUT2D eigenvalue weighted by Gasteiger charge is 2.08. The lowest BCUT2D eigenvalue weighted by Crippen LogP contribution is -2.28. The molecule has 1 amide bonds. The van der Waals surface area contributed by atoms with Gasteiger partial charge in [0.15, 0.2) is 6.61 Å². The number of esters is 1. The van der Waals surface area contributed by atoms with Crippen molar-refractivity contribution < 1.29 is 14.3 Å². The first kappa shape index (κ1) is 18.7. The Labute approximate surface area is 151 Å². The molecule has 0 unspecified atom stereocenters. The van der Waals surface area contributed by atoms with Gasteiger partial charge < -0.3 is 10.1 Å². The molecule has 25 heavy (non-hydrogen) atoms. The van der Waals surface area contributed by atoms with Crippen molar-refractivity contribution in [2.75, 3.05) is 6.61 Å². The van der Waals surface area contributed by atoms with Crippen LogP contribution in [0.1, 0.15) is 22.5 Å². The van der Waals surface area contributed by atoms with Crippen LogP contribution in [0.25, 0.3) is 6.08 Å². The van der Waals surface area contributed by atoms with Gasteiger partial charge >= 0.3 is 5.97 Å². The van der Waals surface area contributed by atoms with Gasteiger partial charge in [0.2, 0.25) is 0 Å². The summed E-state index contributed by atoms with van der Waals surface area (Å²) in [5.41, 5.74) is 3.55. The lowest BCUT2D eigenvalue weighted by atomic mass is 10.2. The third-order valence-corrected chi connectivity index (χ3v) is 3.95. The number of rotatable bonds is 6. The molecular weight excluding hydrogens is 342 g/mol. The van der Waals surface area contributed by atoms with Gasteiger partial charge in [-0.3, -0.25) is 9.48 Å². The molecular formula is C18H20ClN3O3. The second-order valence-electron chi connectivity index (χ2n) is 5.55. The van der Waals surface area contributed by atoms with E-state index in [1.165, 1.54) is 6.08 Å². The van der Waals surface area contributed by atoms with Crippen LogP contribution in [0.3, 0.4) is 0 Å². The van der Waals surface area contributed by atoms with E-state index in [1.54, 1.807) is 22.9 Å². The Morgan fingerprint density at radius 2 is 1.96 bits per heavy atom. The van der Waals surface area contributed by atoms with Crippen molar-refractivity contribution in [3.8, 4) is 0 Å². The molecule has 0 aliphatic rings. The quantitative estimate of drug-likeness (QED) is 0.634. The van der Waals surface area contributed by atoms with Crippen molar-refractivity contribution in [3.63, 3.8) is 0 Å². The molecule has 0 saturated heterocycles. The summed E-state index contributed by atoms with van der Waals surface area (Å²) in [6.45, 7) is 3.79. The Morgan fingerprint density at radius 1 is 1.28 bits per heavy atom. The summed E-state index contributed by atoms with van der Waals surface area (Å²) in [4.78, 5) is 23.5. The summed E-state index contributed by atoms with van der Waals surface area (Å²) >= 11 is 5.80. The van der Waals surface area contributed by atoms with Crippen LogP contribution in [0, 0.1) is 13.8 Å². The van der Waals surface area contributed by atoms with Crippen molar-refractivity contribution in [1.29, 1.82) is 0 Å². The number of amides is 1. The average Bonchev–Trinajstić information content (AvgIpc) is 2.83. The third kappa shape index (κ3) is 5.46. The van der Waals surface area contributed by atoms with E-state index < -0.39 is 5.97 Å². The first-order chi connectivity index (χ1) is 11.9. The summed E-state index contributed by atoms with van der Waals surface area (Å²) in [5.74, 6) is -0.949. The smallest absolute Gasteiger partial charge is 0.331 e. The van der Waals surface area contributed by atoms with E-state index in [1.807, 2.05) is 33.0 Å². The van der Waals surface area contributed by atoms with Crippen LogP contribution < -0.4 is 5.32 Å². The Bertz CT molecular complexity index is 795. The molecule has 1 aromatic carbocycles. The maximum Gasteiger partial charge on any atom is 0.331 e. The van der Waals surface area contributed by atoms with E-state index in [-0.39, 0.29) is 12.5 Å². The molecule has 6 nitrogen and oxygen atoms in total. The second kappa shape index (κ2) is 8.48. The Balaban J connectivity index is 1.78. The molecule has 2 aromatic rings. The lowest BCUT2D eigenvalue weighted by Gasteiger charge is -2.05. The number of carbonyl (C=O) groups excluding carboxylic acids is 2. The van der Waals surface area contributed by atoms with Crippen LogP contribution in [0.5, 0.6) is 0 Å². The van der Waals surface area contributed by atoms with Gasteiger partial charge in [-0.15, -0.1) is 0 Å². The molecule has 1 aromatic heterocycles. The molecule has 0 atom stereocenters. The Morgan fingerprint density at radius 3 is 2.56 bits per heavy atom. The molecule has 0 saturated carbocycles. The van der Waals surface area contributed by atoms with E-state index in [4.69, 9.17) is 16.3 Å². The Kier molecular flexibility index (Phi) is 6.36. The maximum atomic E-state index is 11.7. The highest BCUT2D eigenvalue weighted by molar-refractivity contribution is 6.30. The van der Waals surface area contributed by atoms with Crippen molar-refractivity contribution in [2.24, 2.45) is 7.05 Å². The molecule has 1 N–H and O–H groups in total. The highest BCUT2D eigenvalue weighted by atomic mass is 35.5. The van der Waals surface area contributed by atoms with Gasteiger partial charge in [0.1, 0.15) is 0 Å². The number of carbonyl (C=O) groups is 2. The van der Waals surface area contributed by atoms with Crippen molar-refractivity contribution in [2.45, 2.75) is 20.4 Å². The van der Waals surface area contributed by atoms with E-state index in [2.05, 4.69) is 10.4 Å². The number of halogens is 1. The van der Waals surface area contributed by atoms with E-state index in [9.17, 15) is 9.59 Å². The summed E-state index contributed by atoms with van der Waals surface area (Å²) in [6.07, 6.45) is 2.94. The number of nitrogens with one attached hydrogen (secondary N) is 1. The fraction of sp³-hybridized carbons (Fsp3) is 0.278. The zero-order chi connectivity index (χ0) is 18.4. The van der Waals surface area contributed by atoms with Crippen LogP contribution in [0.4, 0.5) is 0 Å². The van der Waals surface area contributed by atoms with Gasteiger partial charge in [0.05, 0.1) is 5.69 Å². The zero-order valence-corrected chi connectivity index (χ0v) is 15.1. The molecule has 0 spiro atoms. The fourth-order valence-electron chi connectivity index (χ4n) is 2.22. The minimum atomic E-state index is -0.579. The van der Waals surface area contributed by atoms with Crippen LogP contribution >= 0.6 is 11.6 Å². The van der Waals surface area contributed by atoms with Gasteiger partial charge in [-0.05, 0) is 37.6 Å². The number of hydrogen-bond acceptors (Lipinski definition) is 4. The van der Waals surface area contributed by atoms with E-state index >= 15 is 0 Å². The van der Waals surface area contributed by atoms with E-state index in [0.717, 1.165) is 22.5 Å². The highest BCUT2D eigenvalue weighted by Crippen LogP contribution is 2.13. The third-order valence-electron chi connectivity index (χ3n) is 3.70. The number of nitrogens with zero attached hydrogens (tertiary/aromatic N) is 2. The largest absolute Gasteiger partial charge is 0.452 e. The molecule has 1 heterocycles. The van der Waals surface area contributed by atoms with Gasteiger partial charge in [0.25, 0.3) is 5.91 Å². The Hall–Kier alpha value is -2.60. The van der Waals surface area contributed by atoms with Crippen LogP contribution in [0.15, 0.2) is 30.3 Å². The molecule has 0 aliphatic heterocycles. The van der Waals surface area contributed by atoms with Gasteiger partial charge in [0, 0.05) is 35.9 Å². The van der Waals surface area contributed by atoms with Crippen LogP contribution in [-0.4, -0.2) is 28.3 Å². The zero-order valence-electron chi connectivity index (χ0n) is 14.4. The standard InChI is InChI=1S/C18H20ClN3O3/c1-12-16(13(2)22(3)21-12)8-9-18(24)25-11-17(23)20-10-14-4-6-15(19)7-5-14/h4-9H,10-11H2,1-3H3,(H,20,23)/b9-8+.